The Morgan fingerprint density at radius 1 is 0.400 bits per heavy atom. The normalized spacial score (nSPS) is 11.8. The van der Waals surface area contributed by atoms with E-state index in [4.69, 9.17) is 0 Å². The largest absolute Gasteiger partial charge is 0.282 e. The number of hydrogen-bond acceptors (Lipinski definition) is 4. The maximum atomic E-state index is 4.64. The molecule has 0 radical (unpaired) electrons. The molecule has 0 aliphatic rings. The summed E-state index contributed by atoms with van der Waals surface area (Å²) in [4.78, 5) is 0. The lowest BCUT2D eigenvalue weighted by Gasteiger charge is -2.11. The maximum Gasteiger partial charge on any atom is 0.168 e. The third kappa shape index (κ3) is 4.88. The van der Waals surface area contributed by atoms with Gasteiger partial charge in [0.2, 0.25) is 0 Å². The van der Waals surface area contributed by atoms with Crippen LogP contribution in [0.25, 0.3) is 88.6 Å². The molecule has 8 heteroatoms. The number of pyridine rings is 2. The van der Waals surface area contributed by atoms with Gasteiger partial charge < -0.3 is 0 Å². The van der Waals surface area contributed by atoms with Gasteiger partial charge in [0, 0.05) is 41.4 Å². The zero-order chi connectivity index (χ0) is 33.3. The van der Waals surface area contributed by atoms with E-state index in [0.717, 1.165) is 55.6 Å². The average Bonchev–Trinajstić information content (AvgIpc) is 3.80. The summed E-state index contributed by atoms with van der Waals surface area (Å²) in [6.45, 7) is 0. The van der Waals surface area contributed by atoms with Crippen molar-refractivity contribution in [1.82, 2.24) is 29.2 Å². The van der Waals surface area contributed by atoms with Crippen molar-refractivity contribution < 1.29 is 0 Å². The van der Waals surface area contributed by atoms with Gasteiger partial charge in [0.15, 0.2) is 22.9 Å². The van der Waals surface area contributed by atoms with Crippen LogP contribution in [0.3, 0.4) is 0 Å². The van der Waals surface area contributed by atoms with E-state index in [2.05, 4.69) is 208 Å². The van der Waals surface area contributed by atoms with Gasteiger partial charge in [-0.15, -0.1) is 20.4 Å². The van der Waals surface area contributed by atoms with Gasteiger partial charge in [-0.1, -0.05) is 78.9 Å². The Hall–Kier alpha value is -5.20. The molecule has 0 bridgehead atoms. The first-order valence-electron chi connectivity index (χ1n) is 16.2. The molecule has 0 aliphatic heterocycles. The molecule has 50 heavy (non-hydrogen) atoms. The molecule has 0 saturated heterocycles. The second kappa shape index (κ2) is 11.7. The first-order chi connectivity index (χ1) is 24.6. The summed E-state index contributed by atoms with van der Waals surface area (Å²) in [5.41, 5.74) is 8.52. The molecule has 236 valence electrons. The molecule has 0 unspecified atom stereocenters. The minimum Gasteiger partial charge on any atom is -0.282 e. The Kier molecular flexibility index (Phi) is 6.95. The average molecular weight is 867 g/mol. The van der Waals surface area contributed by atoms with E-state index in [9.17, 15) is 0 Å². The van der Waals surface area contributed by atoms with Crippen molar-refractivity contribution in [3.05, 3.63) is 153 Å². The Morgan fingerprint density at radius 2 is 0.980 bits per heavy atom. The summed E-state index contributed by atoms with van der Waals surface area (Å²) < 4.78 is 6.57. The molecule has 10 rings (SSSR count). The van der Waals surface area contributed by atoms with Crippen molar-refractivity contribution >= 4 is 88.8 Å². The molecule has 10 aromatic rings. The van der Waals surface area contributed by atoms with E-state index < -0.39 is 0 Å². The van der Waals surface area contributed by atoms with Crippen molar-refractivity contribution in [2.45, 2.75) is 0 Å². The minimum absolute atomic E-state index is 0.830. The van der Waals surface area contributed by atoms with E-state index in [1.54, 1.807) is 0 Å². The predicted molar refractivity (Wildman–Crippen MR) is 219 cm³/mol. The second-order valence-electron chi connectivity index (χ2n) is 12.4. The van der Waals surface area contributed by atoms with Crippen LogP contribution < -0.4 is 0 Å². The predicted octanol–water partition coefficient (Wildman–Crippen LogP) is 11.1. The summed E-state index contributed by atoms with van der Waals surface area (Å²) in [7, 11) is 0. The van der Waals surface area contributed by atoms with Crippen LogP contribution >= 0.6 is 45.2 Å². The highest BCUT2D eigenvalue weighted by Gasteiger charge is 2.15. The molecule has 0 saturated carbocycles. The molecule has 0 aliphatic carbocycles. The van der Waals surface area contributed by atoms with Crippen molar-refractivity contribution in [3.63, 3.8) is 0 Å². The fraction of sp³-hybridized carbons (Fsp3) is 0. The number of hydrogen-bond donors (Lipinski definition) is 0. The number of fused-ring (bicyclic) bond motifs is 7. The highest BCUT2D eigenvalue weighted by Crippen LogP contribution is 2.35. The van der Waals surface area contributed by atoms with Crippen LogP contribution in [0, 0.1) is 7.14 Å². The Bertz CT molecular complexity index is 2950. The lowest BCUT2D eigenvalue weighted by molar-refractivity contribution is 1.11. The molecular formula is C42H24I2N6. The van der Waals surface area contributed by atoms with Gasteiger partial charge in [0.05, 0.1) is 0 Å². The summed E-state index contributed by atoms with van der Waals surface area (Å²) in [5.74, 6) is 1.67. The molecule has 4 aromatic heterocycles. The number of halogens is 2. The van der Waals surface area contributed by atoms with E-state index in [1.807, 2.05) is 12.1 Å². The van der Waals surface area contributed by atoms with Crippen LogP contribution in [-0.2, 0) is 0 Å². The Morgan fingerprint density at radius 3 is 1.74 bits per heavy atom. The molecule has 0 spiro atoms. The lowest BCUT2D eigenvalue weighted by Crippen LogP contribution is -1.92. The second-order valence-corrected chi connectivity index (χ2v) is 14.8. The summed E-state index contributed by atoms with van der Waals surface area (Å²) in [6, 6.07) is 47.4. The van der Waals surface area contributed by atoms with Crippen LogP contribution in [0.1, 0.15) is 0 Å². The third-order valence-electron chi connectivity index (χ3n) is 9.51. The van der Waals surface area contributed by atoms with Gasteiger partial charge >= 0.3 is 0 Å². The van der Waals surface area contributed by atoms with E-state index in [1.165, 1.54) is 40.2 Å². The van der Waals surface area contributed by atoms with Gasteiger partial charge in [-0.2, -0.15) is 0 Å². The zero-order valence-electron chi connectivity index (χ0n) is 26.3. The lowest BCUT2D eigenvalue weighted by atomic mass is 9.98. The van der Waals surface area contributed by atoms with Crippen molar-refractivity contribution in [3.8, 4) is 45.0 Å². The molecular weight excluding hydrogens is 842 g/mol. The summed E-state index contributed by atoms with van der Waals surface area (Å²) in [5, 5.41) is 25.2. The van der Waals surface area contributed by atoms with E-state index in [-0.39, 0.29) is 0 Å². The van der Waals surface area contributed by atoms with Crippen LogP contribution in [0.15, 0.2) is 146 Å². The number of rotatable bonds is 4. The minimum atomic E-state index is 0.830. The Balaban J connectivity index is 0.981. The zero-order valence-corrected chi connectivity index (χ0v) is 30.6. The molecule has 6 aromatic carbocycles. The van der Waals surface area contributed by atoms with E-state index in [0.29, 0.717) is 0 Å². The molecule has 0 N–H and O–H groups in total. The van der Waals surface area contributed by atoms with Gasteiger partial charge in [-0.3, -0.25) is 8.80 Å². The molecule has 0 amide bonds. The van der Waals surface area contributed by atoms with Gasteiger partial charge in [0.1, 0.15) is 0 Å². The van der Waals surface area contributed by atoms with Crippen molar-refractivity contribution in [1.29, 1.82) is 0 Å². The number of nitrogens with zero attached hydrogens (tertiary/aromatic N) is 6. The Labute approximate surface area is 313 Å². The maximum absolute atomic E-state index is 4.64. The molecule has 0 atom stereocenters. The van der Waals surface area contributed by atoms with Crippen molar-refractivity contribution in [2.75, 3.05) is 0 Å². The monoisotopic (exact) mass is 866 g/mol. The van der Waals surface area contributed by atoms with E-state index >= 15 is 0 Å². The summed E-state index contributed by atoms with van der Waals surface area (Å²) >= 11 is 4.79. The van der Waals surface area contributed by atoms with Gasteiger partial charge in [0.25, 0.3) is 0 Å². The highest BCUT2D eigenvalue weighted by atomic mass is 127. The van der Waals surface area contributed by atoms with Gasteiger partial charge in [-0.25, -0.2) is 0 Å². The standard InChI is InChI=1S/C42H24I2N6/c43-34-14-11-26(12-15-34)25-5-7-28(8-6-25)39-45-48-42-36-16-13-30(21-31(36)18-20-49(39)42)37-23-29-9-10-32(22-33(29)24-38(37)44)40-46-47-41-35-4-2-1-3-27(35)17-19-50(40)41/h1-24H. The SMILES string of the molecule is Ic1ccc(-c2ccc(-c3nnc4c5ccc(-c6cc7ccc(-c8nnc9c%10ccccc%10ccn89)cc7cc6I)cc5ccn34)cc2)cc1. The fourth-order valence-corrected chi connectivity index (χ4v) is 8.10. The summed E-state index contributed by atoms with van der Waals surface area (Å²) in [6.07, 6.45) is 4.13. The van der Waals surface area contributed by atoms with Crippen molar-refractivity contribution in [2.24, 2.45) is 0 Å². The molecule has 0 fully saturated rings. The number of aromatic nitrogens is 6. The molecule has 4 heterocycles. The van der Waals surface area contributed by atoms with Crippen LogP contribution in [-0.4, -0.2) is 29.2 Å². The fourth-order valence-electron chi connectivity index (χ4n) is 6.94. The van der Waals surface area contributed by atoms with Gasteiger partial charge in [-0.05, 0) is 144 Å². The smallest absolute Gasteiger partial charge is 0.168 e. The quantitative estimate of drug-likeness (QED) is 0.165. The molecule has 6 nitrogen and oxygen atoms in total. The van der Waals surface area contributed by atoms with Crippen LogP contribution in [0.4, 0.5) is 0 Å². The highest BCUT2D eigenvalue weighted by molar-refractivity contribution is 14.1. The van der Waals surface area contributed by atoms with Crippen LogP contribution in [0.2, 0.25) is 0 Å². The van der Waals surface area contributed by atoms with Crippen LogP contribution in [0.5, 0.6) is 0 Å². The third-order valence-corrected chi connectivity index (χ3v) is 11.1. The first kappa shape index (κ1) is 29.7. The first-order valence-corrected chi connectivity index (χ1v) is 18.3. The topological polar surface area (TPSA) is 60.4 Å². The number of benzene rings is 6.